The molecule has 1 N–H and O–H groups in total. The zero-order valence-electron chi connectivity index (χ0n) is 14.6. The van der Waals surface area contributed by atoms with Gasteiger partial charge in [0.25, 0.3) is 5.91 Å². The molecule has 0 atom stereocenters. The Kier molecular flexibility index (Phi) is 5.22. The van der Waals surface area contributed by atoms with Crippen LogP contribution in [-0.4, -0.2) is 25.8 Å². The van der Waals surface area contributed by atoms with Crippen molar-refractivity contribution in [3.05, 3.63) is 73.7 Å². The number of hydrogen-bond donors (Lipinski definition) is 1. The summed E-state index contributed by atoms with van der Waals surface area (Å²) in [5.74, 6) is -0.247. The Morgan fingerprint density at radius 3 is 2.78 bits per heavy atom. The van der Waals surface area contributed by atoms with Gasteiger partial charge >= 0.3 is 5.82 Å². The maximum absolute atomic E-state index is 12.5. The molecule has 0 unspecified atom stereocenters. The van der Waals surface area contributed by atoms with Gasteiger partial charge in [-0.15, -0.1) is 0 Å². The van der Waals surface area contributed by atoms with E-state index in [1.54, 1.807) is 26.0 Å². The minimum atomic E-state index is -0.568. The van der Waals surface area contributed by atoms with E-state index in [1.165, 1.54) is 10.7 Å². The number of rotatable bonds is 6. The predicted molar refractivity (Wildman–Crippen MR) is 96.6 cm³/mol. The van der Waals surface area contributed by atoms with Crippen LogP contribution in [-0.2, 0) is 13.1 Å². The first-order valence-electron chi connectivity index (χ1n) is 8.02. The zero-order chi connectivity index (χ0) is 19.6. The van der Waals surface area contributed by atoms with Crippen molar-refractivity contribution in [1.82, 2.24) is 20.3 Å². The van der Waals surface area contributed by atoms with Crippen LogP contribution in [0.4, 0.5) is 5.82 Å². The van der Waals surface area contributed by atoms with E-state index >= 15 is 0 Å². The Morgan fingerprint density at radius 1 is 1.37 bits per heavy atom. The number of benzene rings is 1. The Morgan fingerprint density at radius 2 is 2.11 bits per heavy atom. The van der Waals surface area contributed by atoms with Gasteiger partial charge in [-0.3, -0.25) is 4.79 Å². The van der Waals surface area contributed by atoms with E-state index < -0.39 is 10.8 Å². The minimum absolute atomic E-state index is 0.108. The molecule has 0 aliphatic carbocycles. The van der Waals surface area contributed by atoms with Crippen molar-refractivity contribution in [3.63, 3.8) is 0 Å². The Labute approximate surface area is 159 Å². The standard InChI is InChI=1S/C17H16ClN5O4/c1-10-7-15(23(25)26)20-22(10)9-13-11(2)27-21-16(13)17(24)19-8-12-5-3-4-6-14(12)18/h3-7H,8-9H2,1-2H3,(H,19,24). The van der Waals surface area contributed by atoms with Crippen LogP contribution in [0.2, 0.25) is 5.02 Å². The molecule has 1 aromatic carbocycles. The second kappa shape index (κ2) is 7.58. The highest BCUT2D eigenvalue weighted by Gasteiger charge is 2.23. The number of hydrogen-bond acceptors (Lipinski definition) is 6. The number of nitrogens with zero attached hydrogens (tertiary/aromatic N) is 4. The van der Waals surface area contributed by atoms with E-state index in [4.69, 9.17) is 16.1 Å². The summed E-state index contributed by atoms with van der Waals surface area (Å²) >= 11 is 6.09. The molecule has 0 saturated carbocycles. The van der Waals surface area contributed by atoms with Crippen molar-refractivity contribution in [3.8, 4) is 0 Å². The highest BCUT2D eigenvalue weighted by Crippen LogP contribution is 2.19. The number of nitrogens with one attached hydrogen (secondary N) is 1. The smallest absolute Gasteiger partial charge is 0.361 e. The van der Waals surface area contributed by atoms with E-state index in [0.717, 1.165) is 5.56 Å². The number of carbonyl (C=O) groups is 1. The predicted octanol–water partition coefficient (Wildman–Crippen LogP) is 3.03. The van der Waals surface area contributed by atoms with Gasteiger partial charge in [-0.2, -0.15) is 4.68 Å². The number of carbonyl (C=O) groups excluding carboxylic acids is 1. The molecule has 10 heteroatoms. The molecule has 1 amide bonds. The van der Waals surface area contributed by atoms with Crippen molar-refractivity contribution in [1.29, 1.82) is 0 Å². The molecular weight excluding hydrogens is 374 g/mol. The molecule has 3 aromatic rings. The van der Waals surface area contributed by atoms with Gasteiger partial charge in [0, 0.05) is 11.6 Å². The summed E-state index contributed by atoms with van der Waals surface area (Å²) in [6.07, 6.45) is 0. The lowest BCUT2D eigenvalue weighted by Gasteiger charge is -2.06. The molecular formula is C17H16ClN5O4. The largest absolute Gasteiger partial charge is 0.390 e. The summed E-state index contributed by atoms with van der Waals surface area (Å²) in [4.78, 5) is 22.9. The number of amides is 1. The van der Waals surface area contributed by atoms with Crippen LogP contribution in [0.3, 0.4) is 0 Å². The molecule has 27 heavy (non-hydrogen) atoms. The third-order valence-electron chi connectivity index (χ3n) is 4.06. The van der Waals surface area contributed by atoms with E-state index in [1.807, 2.05) is 12.1 Å². The Hall–Kier alpha value is -3.20. The van der Waals surface area contributed by atoms with Crippen LogP contribution in [0.1, 0.15) is 33.1 Å². The quantitative estimate of drug-likeness (QED) is 0.511. The van der Waals surface area contributed by atoms with Gasteiger partial charge < -0.3 is 20.0 Å². The average molecular weight is 390 g/mol. The van der Waals surface area contributed by atoms with Gasteiger partial charge in [-0.05, 0) is 30.4 Å². The maximum Gasteiger partial charge on any atom is 0.390 e. The lowest BCUT2D eigenvalue weighted by atomic mass is 10.1. The van der Waals surface area contributed by atoms with Gasteiger partial charge in [0.2, 0.25) is 0 Å². The fourth-order valence-electron chi connectivity index (χ4n) is 2.55. The highest BCUT2D eigenvalue weighted by atomic mass is 35.5. The van der Waals surface area contributed by atoms with E-state index in [2.05, 4.69) is 15.6 Å². The van der Waals surface area contributed by atoms with E-state index in [-0.39, 0.29) is 24.6 Å². The molecule has 0 aliphatic rings. The fraction of sp³-hybridized carbons (Fsp3) is 0.235. The van der Waals surface area contributed by atoms with Crippen molar-refractivity contribution >= 4 is 23.3 Å². The van der Waals surface area contributed by atoms with Gasteiger partial charge in [0.05, 0.1) is 29.0 Å². The molecule has 140 valence electrons. The van der Waals surface area contributed by atoms with Crippen LogP contribution in [0.5, 0.6) is 0 Å². The summed E-state index contributed by atoms with van der Waals surface area (Å²) < 4.78 is 6.58. The SMILES string of the molecule is Cc1onc(C(=O)NCc2ccccc2Cl)c1Cn1nc([N+](=O)[O-])cc1C. The molecule has 9 nitrogen and oxygen atoms in total. The lowest BCUT2D eigenvalue weighted by Crippen LogP contribution is -2.25. The van der Waals surface area contributed by atoms with Gasteiger partial charge in [-0.25, -0.2) is 0 Å². The molecule has 0 saturated heterocycles. The first-order valence-corrected chi connectivity index (χ1v) is 8.40. The van der Waals surface area contributed by atoms with Crippen LogP contribution < -0.4 is 5.32 Å². The topological polar surface area (TPSA) is 116 Å². The average Bonchev–Trinajstić information content (AvgIpc) is 3.18. The van der Waals surface area contributed by atoms with Crippen molar-refractivity contribution in [2.75, 3.05) is 0 Å². The molecule has 0 radical (unpaired) electrons. The van der Waals surface area contributed by atoms with Gasteiger partial charge in [0.15, 0.2) is 5.69 Å². The second-order valence-electron chi connectivity index (χ2n) is 5.90. The number of aryl methyl sites for hydroxylation is 2. The maximum atomic E-state index is 12.5. The zero-order valence-corrected chi connectivity index (χ0v) is 15.4. The second-order valence-corrected chi connectivity index (χ2v) is 6.31. The van der Waals surface area contributed by atoms with E-state index in [0.29, 0.717) is 22.0 Å². The number of nitro groups is 1. The Balaban J connectivity index is 1.79. The molecule has 3 rings (SSSR count). The normalized spacial score (nSPS) is 10.8. The lowest BCUT2D eigenvalue weighted by molar-refractivity contribution is -0.389. The molecule has 0 bridgehead atoms. The molecule has 2 aromatic heterocycles. The summed E-state index contributed by atoms with van der Waals surface area (Å²) in [5, 5.41) is 21.9. The van der Waals surface area contributed by atoms with Gasteiger partial charge in [0.1, 0.15) is 5.76 Å². The molecule has 0 aliphatic heterocycles. The summed E-state index contributed by atoms with van der Waals surface area (Å²) in [5.41, 5.74) is 1.97. The summed E-state index contributed by atoms with van der Waals surface area (Å²) in [6, 6.07) is 8.54. The summed E-state index contributed by atoms with van der Waals surface area (Å²) in [6.45, 7) is 3.72. The third kappa shape index (κ3) is 3.98. The Bertz CT molecular complexity index is 1010. The highest BCUT2D eigenvalue weighted by molar-refractivity contribution is 6.31. The number of halogens is 1. The first kappa shape index (κ1) is 18.6. The minimum Gasteiger partial charge on any atom is -0.361 e. The van der Waals surface area contributed by atoms with Gasteiger partial charge in [-0.1, -0.05) is 35.0 Å². The van der Waals surface area contributed by atoms with Crippen molar-refractivity contribution < 1.29 is 14.2 Å². The monoisotopic (exact) mass is 389 g/mol. The van der Waals surface area contributed by atoms with Crippen LogP contribution >= 0.6 is 11.6 Å². The fourth-order valence-corrected chi connectivity index (χ4v) is 2.75. The van der Waals surface area contributed by atoms with E-state index in [9.17, 15) is 14.9 Å². The van der Waals surface area contributed by atoms with Crippen molar-refractivity contribution in [2.45, 2.75) is 26.9 Å². The third-order valence-corrected chi connectivity index (χ3v) is 4.43. The van der Waals surface area contributed by atoms with Crippen LogP contribution in [0, 0.1) is 24.0 Å². The molecule has 0 fully saturated rings. The van der Waals surface area contributed by atoms with Crippen molar-refractivity contribution in [2.24, 2.45) is 0 Å². The van der Waals surface area contributed by atoms with Crippen LogP contribution in [0.15, 0.2) is 34.9 Å². The summed E-state index contributed by atoms with van der Waals surface area (Å²) in [7, 11) is 0. The molecule has 2 heterocycles. The molecule has 0 spiro atoms. The van der Waals surface area contributed by atoms with Crippen LogP contribution in [0.25, 0.3) is 0 Å². The number of aromatic nitrogens is 3. The first-order chi connectivity index (χ1) is 12.9.